The number of hydrogen-bond acceptors (Lipinski definition) is 4. The summed E-state index contributed by atoms with van der Waals surface area (Å²) in [6.45, 7) is 2.07. The molecular formula is C16H16N2O3. The molecule has 108 valence electrons. The molecule has 0 atom stereocenters. The van der Waals surface area contributed by atoms with Crippen molar-refractivity contribution in [3.05, 3.63) is 58.7 Å². The second-order valence-corrected chi connectivity index (χ2v) is 5.06. The molecule has 4 N–H and O–H groups in total. The zero-order chi connectivity index (χ0) is 14.8. The summed E-state index contributed by atoms with van der Waals surface area (Å²) in [7, 11) is 0. The highest BCUT2D eigenvalue weighted by atomic mass is 16.3. The number of fused-ring (bicyclic) bond motifs is 1. The number of carbonyl (C=O) groups excluding carboxylic acids is 1. The fourth-order valence-corrected chi connectivity index (χ4v) is 2.49. The first-order chi connectivity index (χ1) is 10.1. The molecule has 21 heavy (non-hydrogen) atoms. The maximum absolute atomic E-state index is 12.0. The Balaban J connectivity index is 1.71. The molecule has 0 aliphatic carbocycles. The molecule has 1 heterocycles. The topological polar surface area (TPSA) is 81.6 Å². The van der Waals surface area contributed by atoms with E-state index in [2.05, 4.69) is 16.7 Å². The Bertz CT molecular complexity index is 678. The number of nitrogens with one attached hydrogen (secondary N) is 2. The van der Waals surface area contributed by atoms with Crippen LogP contribution in [0.4, 0.5) is 0 Å². The smallest absolute Gasteiger partial charge is 0.259 e. The third-order valence-electron chi connectivity index (χ3n) is 3.60. The average Bonchev–Trinajstić information content (AvgIpc) is 2.92. The number of hydrogen-bond donors (Lipinski definition) is 4. The summed E-state index contributed by atoms with van der Waals surface area (Å²) in [6.07, 6.45) is 0. The Morgan fingerprint density at radius 1 is 1.10 bits per heavy atom. The fourth-order valence-electron chi connectivity index (χ4n) is 2.49. The molecule has 0 spiro atoms. The third kappa shape index (κ3) is 2.68. The molecule has 5 nitrogen and oxygen atoms in total. The van der Waals surface area contributed by atoms with Crippen molar-refractivity contribution in [1.82, 2.24) is 10.6 Å². The van der Waals surface area contributed by atoms with Gasteiger partial charge in [0.05, 0.1) is 0 Å². The number of phenols is 2. The molecule has 0 aromatic heterocycles. The highest BCUT2D eigenvalue weighted by Gasteiger charge is 2.16. The van der Waals surface area contributed by atoms with Gasteiger partial charge in [-0.3, -0.25) is 4.79 Å². The quantitative estimate of drug-likeness (QED) is 0.690. The van der Waals surface area contributed by atoms with Crippen LogP contribution < -0.4 is 10.6 Å². The van der Waals surface area contributed by atoms with Gasteiger partial charge in [0.15, 0.2) is 0 Å². The van der Waals surface area contributed by atoms with Gasteiger partial charge in [0, 0.05) is 19.6 Å². The summed E-state index contributed by atoms with van der Waals surface area (Å²) in [5, 5.41) is 25.3. The summed E-state index contributed by atoms with van der Waals surface area (Å²) in [5.41, 5.74) is 3.41. The van der Waals surface area contributed by atoms with Crippen molar-refractivity contribution in [3.63, 3.8) is 0 Å². The number of phenolic OH excluding ortho intramolecular Hbond substituents is 2. The van der Waals surface area contributed by atoms with E-state index in [-0.39, 0.29) is 17.1 Å². The first-order valence-electron chi connectivity index (χ1n) is 6.75. The van der Waals surface area contributed by atoms with Crippen LogP contribution in [0.3, 0.4) is 0 Å². The lowest BCUT2D eigenvalue weighted by molar-refractivity contribution is 0.0945. The number of benzene rings is 2. The van der Waals surface area contributed by atoms with Crippen LogP contribution in [-0.2, 0) is 19.6 Å². The lowest BCUT2D eigenvalue weighted by atomic mass is 10.1. The van der Waals surface area contributed by atoms with Gasteiger partial charge in [-0.15, -0.1) is 0 Å². The van der Waals surface area contributed by atoms with E-state index in [1.807, 2.05) is 12.1 Å². The minimum absolute atomic E-state index is 0.0969. The fraction of sp³-hybridized carbons (Fsp3) is 0.188. The summed E-state index contributed by atoms with van der Waals surface area (Å²) in [5.74, 6) is -0.958. The van der Waals surface area contributed by atoms with E-state index < -0.39 is 5.91 Å². The van der Waals surface area contributed by atoms with Gasteiger partial charge in [-0.1, -0.05) is 24.3 Å². The lowest BCUT2D eigenvalue weighted by Gasteiger charge is -2.09. The van der Waals surface area contributed by atoms with Crippen LogP contribution in [0.2, 0.25) is 0 Å². The summed E-state index contributed by atoms with van der Waals surface area (Å²) in [6, 6.07) is 10.3. The monoisotopic (exact) mass is 284 g/mol. The van der Waals surface area contributed by atoms with Gasteiger partial charge in [-0.2, -0.15) is 0 Å². The molecule has 3 rings (SSSR count). The highest BCUT2D eigenvalue weighted by molar-refractivity contribution is 5.99. The molecule has 0 fully saturated rings. The van der Waals surface area contributed by atoms with Crippen molar-refractivity contribution < 1.29 is 15.0 Å². The van der Waals surface area contributed by atoms with Crippen molar-refractivity contribution in [2.24, 2.45) is 0 Å². The number of carbonyl (C=O) groups is 1. The van der Waals surface area contributed by atoms with Gasteiger partial charge >= 0.3 is 0 Å². The molecule has 0 radical (unpaired) electrons. The van der Waals surface area contributed by atoms with E-state index in [9.17, 15) is 15.0 Å². The lowest BCUT2D eigenvalue weighted by Crippen LogP contribution is -2.23. The molecule has 1 aliphatic rings. The summed E-state index contributed by atoms with van der Waals surface area (Å²) in [4.78, 5) is 12.0. The molecule has 1 amide bonds. The second kappa shape index (κ2) is 5.46. The Morgan fingerprint density at radius 3 is 2.57 bits per heavy atom. The molecule has 0 saturated carbocycles. The number of rotatable bonds is 3. The maximum atomic E-state index is 12.0. The van der Waals surface area contributed by atoms with Crippen LogP contribution in [0.5, 0.6) is 11.5 Å². The zero-order valence-corrected chi connectivity index (χ0v) is 11.4. The van der Waals surface area contributed by atoms with E-state index >= 15 is 0 Å². The van der Waals surface area contributed by atoms with Crippen molar-refractivity contribution >= 4 is 5.91 Å². The van der Waals surface area contributed by atoms with Gasteiger partial charge in [-0.25, -0.2) is 0 Å². The van der Waals surface area contributed by atoms with Crippen LogP contribution >= 0.6 is 0 Å². The predicted octanol–water partition coefficient (Wildman–Crippen LogP) is 1.63. The first-order valence-corrected chi connectivity index (χ1v) is 6.75. The van der Waals surface area contributed by atoms with Crippen LogP contribution in [0.25, 0.3) is 0 Å². The standard InChI is InChI=1S/C16H16N2O3/c19-13-2-1-3-14(20)15(13)16(21)18-7-10-4-5-11-8-17-9-12(11)6-10/h1-6,17,19-20H,7-9H2,(H,18,21). The van der Waals surface area contributed by atoms with Gasteiger partial charge in [-0.05, 0) is 28.8 Å². The number of amides is 1. The van der Waals surface area contributed by atoms with Crippen molar-refractivity contribution in [2.45, 2.75) is 19.6 Å². The van der Waals surface area contributed by atoms with Gasteiger partial charge in [0.25, 0.3) is 5.91 Å². The molecular weight excluding hydrogens is 268 g/mol. The summed E-state index contributed by atoms with van der Waals surface area (Å²) < 4.78 is 0. The largest absolute Gasteiger partial charge is 0.507 e. The first kappa shape index (κ1) is 13.5. The Hall–Kier alpha value is -2.53. The van der Waals surface area contributed by atoms with Crippen LogP contribution in [-0.4, -0.2) is 16.1 Å². The Labute approximate surface area is 122 Å². The molecule has 0 bridgehead atoms. The zero-order valence-electron chi connectivity index (χ0n) is 11.4. The van der Waals surface area contributed by atoms with E-state index in [1.54, 1.807) is 0 Å². The molecule has 5 heteroatoms. The van der Waals surface area contributed by atoms with E-state index in [0.717, 1.165) is 18.7 Å². The average molecular weight is 284 g/mol. The van der Waals surface area contributed by atoms with Crippen molar-refractivity contribution in [1.29, 1.82) is 0 Å². The number of aromatic hydroxyl groups is 2. The Kier molecular flexibility index (Phi) is 3.50. The van der Waals surface area contributed by atoms with Gasteiger partial charge in [0.1, 0.15) is 17.1 Å². The van der Waals surface area contributed by atoms with Gasteiger partial charge in [0.2, 0.25) is 0 Å². The van der Waals surface area contributed by atoms with Crippen LogP contribution in [0, 0.1) is 0 Å². The normalized spacial score (nSPS) is 13.0. The molecule has 0 saturated heterocycles. The third-order valence-corrected chi connectivity index (χ3v) is 3.60. The van der Waals surface area contributed by atoms with Crippen LogP contribution in [0.1, 0.15) is 27.0 Å². The maximum Gasteiger partial charge on any atom is 0.259 e. The van der Waals surface area contributed by atoms with Crippen molar-refractivity contribution in [3.8, 4) is 11.5 Å². The molecule has 2 aromatic rings. The second-order valence-electron chi connectivity index (χ2n) is 5.06. The van der Waals surface area contributed by atoms with E-state index in [1.165, 1.54) is 29.3 Å². The van der Waals surface area contributed by atoms with Crippen LogP contribution in [0.15, 0.2) is 36.4 Å². The minimum Gasteiger partial charge on any atom is -0.507 e. The molecule has 0 unspecified atom stereocenters. The van der Waals surface area contributed by atoms with E-state index in [0.29, 0.717) is 6.54 Å². The predicted molar refractivity (Wildman–Crippen MR) is 77.9 cm³/mol. The SMILES string of the molecule is O=C(NCc1ccc2c(c1)CNC2)c1c(O)cccc1O. The molecule has 1 aliphatic heterocycles. The Morgan fingerprint density at radius 2 is 1.81 bits per heavy atom. The van der Waals surface area contributed by atoms with E-state index in [4.69, 9.17) is 0 Å². The van der Waals surface area contributed by atoms with Crippen molar-refractivity contribution in [2.75, 3.05) is 0 Å². The summed E-state index contributed by atoms with van der Waals surface area (Å²) >= 11 is 0. The molecule has 2 aromatic carbocycles. The minimum atomic E-state index is -0.496. The van der Waals surface area contributed by atoms with Gasteiger partial charge < -0.3 is 20.8 Å². The highest BCUT2D eigenvalue weighted by Crippen LogP contribution is 2.26.